The van der Waals surface area contributed by atoms with Crippen LogP contribution in [-0.2, 0) is 0 Å². The van der Waals surface area contributed by atoms with Gasteiger partial charge in [0, 0.05) is 44.5 Å². The lowest BCUT2D eigenvalue weighted by atomic mass is 9.84. The summed E-state index contributed by atoms with van der Waals surface area (Å²) >= 11 is 0. The van der Waals surface area contributed by atoms with E-state index in [9.17, 15) is 10.1 Å². The molecule has 6 rings (SSSR count). The molecule has 0 bridgehead atoms. The molecule has 0 saturated heterocycles. The third kappa shape index (κ3) is 6.49. The van der Waals surface area contributed by atoms with Crippen LogP contribution in [0, 0.1) is 45.6 Å². The molecule has 50 heavy (non-hydrogen) atoms. The number of aliphatic imine (C=N–C) groups is 2. The van der Waals surface area contributed by atoms with E-state index in [-0.39, 0.29) is 0 Å². The molecule has 0 saturated carbocycles. The molecule has 6 heteroatoms. The van der Waals surface area contributed by atoms with Gasteiger partial charge < -0.3 is 10.3 Å². The first-order valence-electron chi connectivity index (χ1n) is 16.7. The fourth-order valence-corrected chi connectivity index (χ4v) is 5.40. The third-order valence-corrected chi connectivity index (χ3v) is 10.3. The van der Waals surface area contributed by atoms with Gasteiger partial charge in [-0.25, -0.2) is 0 Å². The van der Waals surface area contributed by atoms with Crippen LogP contribution in [0.3, 0.4) is 0 Å². The lowest BCUT2D eigenvalue weighted by Gasteiger charge is -2.45. The van der Waals surface area contributed by atoms with Crippen molar-refractivity contribution in [1.82, 2.24) is 5.06 Å². The molecule has 0 aliphatic carbocycles. The summed E-state index contributed by atoms with van der Waals surface area (Å²) in [5.41, 5.74) is 4.70. The maximum atomic E-state index is 12.9. The van der Waals surface area contributed by atoms with Crippen LogP contribution in [0.2, 0.25) is 0 Å². The predicted molar refractivity (Wildman–Crippen MR) is 202 cm³/mol. The topological polar surface area (TPSA) is 71.1 Å². The maximum Gasteiger partial charge on any atom is 0.364 e. The average molecular weight is 657 g/mol. The highest BCUT2D eigenvalue weighted by Crippen LogP contribution is 2.38. The first-order chi connectivity index (χ1) is 23.6. The van der Waals surface area contributed by atoms with Crippen molar-refractivity contribution in [1.29, 1.82) is 0 Å². The number of amidine groups is 2. The van der Waals surface area contributed by atoms with Gasteiger partial charge in [0.1, 0.15) is 5.84 Å². The van der Waals surface area contributed by atoms with E-state index >= 15 is 0 Å². The van der Waals surface area contributed by atoms with Crippen LogP contribution in [0.15, 0.2) is 107 Å². The molecule has 2 aliphatic rings. The number of nitroso groups, excluding NO2 is 1. The molecule has 0 radical (unpaired) electrons. The van der Waals surface area contributed by atoms with Crippen molar-refractivity contribution in [2.45, 2.75) is 77.5 Å². The molecule has 0 amide bonds. The van der Waals surface area contributed by atoms with Crippen molar-refractivity contribution in [3.63, 3.8) is 0 Å². The third-order valence-electron chi connectivity index (χ3n) is 10.3. The quantitative estimate of drug-likeness (QED) is 0.162. The van der Waals surface area contributed by atoms with E-state index < -0.39 is 22.2 Å². The zero-order valence-corrected chi connectivity index (χ0v) is 29.8. The van der Waals surface area contributed by atoms with Gasteiger partial charge in [0.05, 0.1) is 11.1 Å². The van der Waals surface area contributed by atoms with Crippen LogP contribution < -0.4 is 0 Å². The Morgan fingerprint density at radius 1 is 0.500 bits per heavy atom. The van der Waals surface area contributed by atoms with E-state index in [0.717, 1.165) is 54.3 Å². The van der Waals surface area contributed by atoms with Crippen LogP contribution in [0.25, 0.3) is 0 Å². The van der Waals surface area contributed by atoms with Crippen LogP contribution in [0.4, 0.5) is 0 Å². The summed E-state index contributed by atoms with van der Waals surface area (Å²) in [5, 5.41) is 13.9. The SMILES string of the molecule is CC1(C)N=C(c2ccc(C#Cc3ccc(C#Cc4ccc(C#Cc5ccc(C6=NC(C)(C)C(C)(C)[N+]6=O)cc5)cc4)cc3)cc2)N([O-])C1(C)C. The number of hydrogen-bond acceptors (Lipinski definition) is 5. The lowest BCUT2D eigenvalue weighted by Crippen LogP contribution is -2.50. The summed E-state index contributed by atoms with van der Waals surface area (Å²) < 4.78 is 1.02. The molecule has 4 aromatic carbocycles. The van der Waals surface area contributed by atoms with Gasteiger partial charge >= 0.3 is 5.84 Å². The molecule has 0 fully saturated rings. The van der Waals surface area contributed by atoms with Crippen molar-refractivity contribution >= 4 is 11.7 Å². The number of hydrogen-bond donors (Lipinski definition) is 0. The summed E-state index contributed by atoms with van der Waals surface area (Å²) in [7, 11) is 0. The van der Waals surface area contributed by atoms with Crippen LogP contribution in [-0.4, -0.2) is 43.7 Å². The first-order valence-corrected chi connectivity index (χ1v) is 16.7. The molecule has 0 N–H and O–H groups in total. The Hall–Kier alpha value is -5.74. The molecule has 0 spiro atoms. The van der Waals surface area contributed by atoms with Crippen molar-refractivity contribution in [2.75, 3.05) is 0 Å². The lowest BCUT2D eigenvalue weighted by molar-refractivity contribution is -0.514. The first kappa shape index (κ1) is 34.1. The van der Waals surface area contributed by atoms with Crippen molar-refractivity contribution in [2.24, 2.45) is 9.98 Å². The molecule has 0 unspecified atom stereocenters. The molecular formula is C44H40N4O2. The summed E-state index contributed by atoms with van der Waals surface area (Å²) in [6.45, 7) is 15.6. The normalized spacial score (nSPS) is 17.7. The molecule has 2 aliphatic heterocycles. The van der Waals surface area contributed by atoms with Gasteiger partial charge in [-0.15, -0.1) is 0 Å². The number of hydroxylamine groups is 2. The Kier molecular flexibility index (Phi) is 8.61. The van der Waals surface area contributed by atoms with Crippen LogP contribution >= 0.6 is 0 Å². The Morgan fingerprint density at radius 2 is 0.820 bits per heavy atom. The zero-order valence-electron chi connectivity index (χ0n) is 29.8. The largest absolute Gasteiger partial charge is 0.757 e. The van der Waals surface area contributed by atoms with Crippen molar-refractivity contribution < 1.29 is 4.76 Å². The summed E-state index contributed by atoms with van der Waals surface area (Å²) in [6, 6.07) is 31.0. The number of nitrogens with zero attached hydrogens (tertiary/aromatic N) is 4. The highest BCUT2D eigenvalue weighted by molar-refractivity contribution is 6.01. The molecule has 6 nitrogen and oxygen atoms in total. The molecule has 2 heterocycles. The van der Waals surface area contributed by atoms with E-state index in [1.54, 1.807) is 0 Å². The van der Waals surface area contributed by atoms with E-state index in [2.05, 4.69) is 35.5 Å². The summed E-state index contributed by atoms with van der Waals surface area (Å²) in [5.74, 6) is 20.2. The predicted octanol–water partition coefficient (Wildman–Crippen LogP) is 8.10. The second-order valence-corrected chi connectivity index (χ2v) is 14.8. The van der Waals surface area contributed by atoms with Gasteiger partial charge in [-0.3, -0.25) is 4.99 Å². The van der Waals surface area contributed by atoms with Crippen molar-refractivity contribution in [3.05, 3.63) is 152 Å². The Labute approximate surface area is 295 Å². The number of benzene rings is 4. The van der Waals surface area contributed by atoms with Crippen LogP contribution in [0.1, 0.15) is 99.9 Å². The van der Waals surface area contributed by atoms with E-state index in [4.69, 9.17) is 9.98 Å². The highest BCUT2D eigenvalue weighted by atomic mass is 16.5. The van der Waals surface area contributed by atoms with Gasteiger partial charge in [0.2, 0.25) is 0 Å². The van der Waals surface area contributed by atoms with E-state index in [1.165, 1.54) is 0 Å². The molecule has 0 atom stereocenters. The van der Waals surface area contributed by atoms with Gasteiger partial charge in [-0.1, -0.05) is 57.6 Å². The maximum absolute atomic E-state index is 12.9. The number of rotatable bonds is 2. The van der Waals surface area contributed by atoms with Gasteiger partial charge in [0.15, 0.2) is 11.1 Å². The smallest absolute Gasteiger partial charge is 0.364 e. The van der Waals surface area contributed by atoms with E-state index in [0.29, 0.717) is 11.7 Å². The Bertz CT molecular complexity index is 2220. The Balaban J connectivity index is 1.05. The second kappa shape index (κ2) is 12.6. The minimum Gasteiger partial charge on any atom is -0.757 e. The molecular weight excluding hydrogens is 617 g/mol. The minimum absolute atomic E-state index is 0.461. The second-order valence-electron chi connectivity index (χ2n) is 14.8. The summed E-state index contributed by atoms with van der Waals surface area (Å²) in [6.07, 6.45) is 0. The monoisotopic (exact) mass is 656 g/mol. The molecule has 0 aromatic heterocycles. The van der Waals surface area contributed by atoms with Crippen LogP contribution in [0.5, 0.6) is 0 Å². The summed E-state index contributed by atoms with van der Waals surface area (Å²) in [4.78, 5) is 22.3. The fourth-order valence-electron chi connectivity index (χ4n) is 5.40. The Morgan fingerprint density at radius 3 is 1.10 bits per heavy atom. The molecule has 4 aromatic rings. The molecule has 248 valence electrons. The van der Waals surface area contributed by atoms with E-state index in [1.807, 2.05) is 152 Å². The average Bonchev–Trinajstić information content (AvgIpc) is 3.37. The highest BCUT2D eigenvalue weighted by Gasteiger charge is 2.59. The van der Waals surface area contributed by atoms with Gasteiger partial charge in [0.25, 0.3) is 0 Å². The standard InChI is InChI=1S/C44H40N4O2/c1-41(2)43(5,6)47(49)39(45-41)37-27-23-35(24-28-37)21-19-33-15-11-31(12-16-33)9-10-32-13-17-34(18-14-32)20-22-36-25-29-38(30-26-36)40-46-42(3,4)44(7,8)48(40)50/h11-18,23-30H,1-8H3. The fraction of sp³-hybridized carbons (Fsp3) is 0.273. The minimum atomic E-state index is -0.612. The van der Waals surface area contributed by atoms with Gasteiger partial charge in [-0.05, 0) is 145 Å². The van der Waals surface area contributed by atoms with Gasteiger partial charge in [-0.2, -0.15) is 0 Å². The van der Waals surface area contributed by atoms with Crippen molar-refractivity contribution in [3.8, 4) is 35.5 Å². The zero-order chi connectivity index (χ0) is 35.9.